The van der Waals surface area contributed by atoms with Crippen LogP contribution in [0.15, 0.2) is 47.3 Å². The van der Waals surface area contributed by atoms with E-state index in [0.29, 0.717) is 17.9 Å². The van der Waals surface area contributed by atoms with Crippen LogP contribution in [0.5, 0.6) is 0 Å². The van der Waals surface area contributed by atoms with Crippen molar-refractivity contribution in [3.63, 3.8) is 0 Å². The highest BCUT2D eigenvalue weighted by Gasteiger charge is 2.42. The summed E-state index contributed by atoms with van der Waals surface area (Å²) in [4.78, 5) is 27.6. The number of carbonyl (C=O) groups excluding carboxylic acids is 2. The van der Waals surface area contributed by atoms with Crippen molar-refractivity contribution in [1.29, 1.82) is 0 Å². The van der Waals surface area contributed by atoms with Gasteiger partial charge in [0, 0.05) is 23.4 Å². The van der Waals surface area contributed by atoms with Gasteiger partial charge in [-0.2, -0.15) is 0 Å². The Balaban J connectivity index is 1.75. The number of benzene rings is 1. The summed E-state index contributed by atoms with van der Waals surface area (Å²) >= 11 is 1.53. The van der Waals surface area contributed by atoms with Crippen LogP contribution in [-0.4, -0.2) is 35.1 Å². The number of nitrogens with zero attached hydrogens (tertiary/aromatic N) is 1. The van der Waals surface area contributed by atoms with Gasteiger partial charge in [0.2, 0.25) is 5.91 Å². The number of amides is 2. The zero-order valence-electron chi connectivity index (χ0n) is 15.9. The third-order valence-electron chi connectivity index (χ3n) is 4.79. The molecule has 1 aliphatic rings. The SMILES string of the molecule is CCCCCCNC(=O)[C@H]1CS[C@H](c2ccoc2)N1C(=O)c1ccc(F)cc1. The number of hydrogen-bond acceptors (Lipinski definition) is 4. The summed E-state index contributed by atoms with van der Waals surface area (Å²) in [5, 5.41) is 2.65. The molecule has 1 fully saturated rings. The van der Waals surface area contributed by atoms with Crippen molar-refractivity contribution in [2.75, 3.05) is 12.3 Å². The maximum atomic E-state index is 13.3. The second kappa shape index (κ2) is 9.78. The largest absolute Gasteiger partial charge is 0.472 e. The zero-order valence-corrected chi connectivity index (χ0v) is 16.7. The van der Waals surface area contributed by atoms with E-state index in [4.69, 9.17) is 4.42 Å². The number of halogens is 1. The second-order valence-corrected chi connectivity index (χ2v) is 7.94. The molecule has 150 valence electrons. The lowest BCUT2D eigenvalue weighted by Crippen LogP contribution is -2.48. The summed E-state index contributed by atoms with van der Waals surface area (Å²) in [6.45, 7) is 2.75. The average molecular weight is 405 g/mol. The molecule has 0 bridgehead atoms. The second-order valence-electron chi connectivity index (χ2n) is 6.83. The summed E-state index contributed by atoms with van der Waals surface area (Å²) < 4.78 is 18.4. The minimum Gasteiger partial charge on any atom is -0.472 e. The molecule has 0 spiro atoms. The van der Waals surface area contributed by atoms with E-state index < -0.39 is 11.9 Å². The quantitative estimate of drug-likeness (QED) is 0.664. The van der Waals surface area contributed by atoms with Gasteiger partial charge < -0.3 is 14.6 Å². The molecule has 3 rings (SSSR count). The molecule has 5 nitrogen and oxygen atoms in total. The van der Waals surface area contributed by atoms with Crippen LogP contribution in [0.2, 0.25) is 0 Å². The molecule has 1 aromatic heterocycles. The van der Waals surface area contributed by atoms with Gasteiger partial charge in [0.25, 0.3) is 5.91 Å². The number of furan rings is 1. The van der Waals surface area contributed by atoms with E-state index in [2.05, 4.69) is 12.2 Å². The van der Waals surface area contributed by atoms with Crippen LogP contribution >= 0.6 is 11.8 Å². The van der Waals surface area contributed by atoms with Crippen molar-refractivity contribution in [1.82, 2.24) is 10.2 Å². The molecule has 2 atom stereocenters. The molecular formula is C21H25FN2O3S. The van der Waals surface area contributed by atoms with Crippen molar-refractivity contribution in [3.05, 3.63) is 59.8 Å². The topological polar surface area (TPSA) is 62.6 Å². The lowest BCUT2D eigenvalue weighted by Gasteiger charge is -2.28. The van der Waals surface area contributed by atoms with Crippen molar-refractivity contribution >= 4 is 23.6 Å². The lowest BCUT2D eigenvalue weighted by molar-refractivity contribution is -0.124. The monoisotopic (exact) mass is 404 g/mol. The lowest BCUT2D eigenvalue weighted by atomic mass is 10.1. The maximum Gasteiger partial charge on any atom is 0.255 e. The molecule has 2 aromatic rings. The molecule has 0 aliphatic carbocycles. The molecule has 1 aliphatic heterocycles. The normalized spacial score (nSPS) is 19.0. The first-order valence-corrected chi connectivity index (χ1v) is 10.7. The van der Waals surface area contributed by atoms with Crippen LogP contribution in [0, 0.1) is 5.82 Å². The molecule has 7 heteroatoms. The van der Waals surface area contributed by atoms with Crippen molar-refractivity contribution in [2.24, 2.45) is 0 Å². The van der Waals surface area contributed by atoms with Crippen LogP contribution in [0.4, 0.5) is 4.39 Å². The Morgan fingerprint density at radius 2 is 2.00 bits per heavy atom. The van der Waals surface area contributed by atoms with Gasteiger partial charge in [0.1, 0.15) is 17.2 Å². The van der Waals surface area contributed by atoms with Crippen LogP contribution in [-0.2, 0) is 4.79 Å². The zero-order chi connectivity index (χ0) is 19.9. The number of carbonyl (C=O) groups is 2. The summed E-state index contributed by atoms with van der Waals surface area (Å²) in [7, 11) is 0. The highest BCUT2D eigenvalue weighted by atomic mass is 32.2. The van der Waals surface area contributed by atoms with Crippen LogP contribution in [0.25, 0.3) is 0 Å². The molecule has 0 unspecified atom stereocenters. The van der Waals surface area contributed by atoms with E-state index in [1.54, 1.807) is 23.5 Å². The number of thioether (sulfide) groups is 1. The summed E-state index contributed by atoms with van der Waals surface area (Å²) in [5.74, 6) is -0.336. The van der Waals surface area contributed by atoms with Gasteiger partial charge in [0.05, 0.1) is 12.5 Å². The van der Waals surface area contributed by atoms with Crippen LogP contribution in [0.1, 0.15) is 53.9 Å². The summed E-state index contributed by atoms with van der Waals surface area (Å²) in [6.07, 6.45) is 7.43. The van der Waals surface area contributed by atoms with E-state index in [9.17, 15) is 14.0 Å². The Kier molecular flexibility index (Phi) is 7.14. The average Bonchev–Trinajstić information content (AvgIpc) is 3.37. The van der Waals surface area contributed by atoms with Gasteiger partial charge in [-0.05, 0) is 36.8 Å². The molecule has 2 heterocycles. The molecule has 1 saturated heterocycles. The van der Waals surface area contributed by atoms with Crippen LogP contribution < -0.4 is 5.32 Å². The maximum absolute atomic E-state index is 13.3. The minimum absolute atomic E-state index is 0.148. The standard InChI is InChI=1S/C21H25FN2O3S/c1-2-3-4-5-11-23-19(25)18-14-28-21(16-10-12-27-13-16)24(18)20(26)15-6-8-17(22)9-7-15/h6-10,12-13,18,21H,2-5,11,14H2,1H3,(H,23,25)/t18-,21-/m1/s1. The molecule has 0 radical (unpaired) electrons. The first kappa shape index (κ1) is 20.5. The Morgan fingerprint density at radius 1 is 1.21 bits per heavy atom. The van der Waals surface area contributed by atoms with Gasteiger partial charge in [-0.25, -0.2) is 4.39 Å². The van der Waals surface area contributed by atoms with E-state index in [1.165, 1.54) is 36.0 Å². The Bertz CT molecular complexity index is 779. The highest BCUT2D eigenvalue weighted by Crippen LogP contribution is 2.42. The predicted molar refractivity (Wildman–Crippen MR) is 107 cm³/mol. The fraction of sp³-hybridized carbons (Fsp3) is 0.429. The predicted octanol–water partition coefficient (Wildman–Crippen LogP) is 4.37. The summed E-state index contributed by atoms with van der Waals surface area (Å²) in [6, 6.07) is 6.64. The van der Waals surface area contributed by atoms with E-state index in [0.717, 1.165) is 31.2 Å². The summed E-state index contributed by atoms with van der Waals surface area (Å²) in [5.41, 5.74) is 1.19. The fourth-order valence-corrected chi connectivity index (χ4v) is 4.66. The fourth-order valence-electron chi connectivity index (χ4n) is 3.25. The third kappa shape index (κ3) is 4.76. The van der Waals surface area contributed by atoms with Crippen molar-refractivity contribution < 1.29 is 18.4 Å². The first-order chi connectivity index (χ1) is 13.6. The third-order valence-corrected chi connectivity index (χ3v) is 6.11. The Hall–Kier alpha value is -2.28. The molecule has 28 heavy (non-hydrogen) atoms. The molecule has 1 N–H and O–H groups in total. The van der Waals surface area contributed by atoms with Gasteiger partial charge in [-0.15, -0.1) is 11.8 Å². The smallest absolute Gasteiger partial charge is 0.255 e. The van der Waals surface area contributed by atoms with Gasteiger partial charge >= 0.3 is 0 Å². The van der Waals surface area contributed by atoms with Gasteiger partial charge in [-0.3, -0.25) is 9.59 Å². The van der Waals surface area contributed by atoms with Gasteiger partial charge in [-0.1, -0.05) is 26.2 Å². The molecule has 2 amide bonds. The number of hydrogen-bond donors (Lipinski definition) is 1. The number of unbranched alkanes of at least 4 members (excludes halogenated alkanes) is 3. The molecular weight excluding hydrogens is 379 g/mol. The first-order valence-electron chi connectivity index (χ1n) is 9.61. The molecule has 1 aromatic carbocycles. The number of nitrogens with one attached hydrogen (secondary N) is 1. The van der Waals surface area contributed by atoms with E-state index in [-0.39, 0.29) is 17.2 Å². The van der Waals surface area contributed by atoms with E-state index >= 15 is 0 Å². The highest BCUT2D eigenvalue weighted by molar-refractivity contribution is 7.99. The Labute approximate surface area is 168 Å². The van der Waals surface area contributed by atoms with Crippen molar-refractivity contribution in [2.45, 2.75) is 44.0 Å². The Morgan fingerprint density at radius 3 is 2.68 bits per heavy atom. The minimum atomic E-state index is -0.575. The van der Waals surface area contributed by atoms with Crippen LogP contribution in [0.3, 0.4) is 0 Å². The number of rotatable bonds is 8. The van der Waals surface area contributed by atoms with E-state index in [1.807, 2.05) is 0 Å². The molecule has 0 saturated carbocycles. The van der Waals surface area contributed by atoms with Crippen molar-refractivity contribution in [3.8, 4) is 0 Å². The van der Waals surface area contributed by atoms with Gasteiger partial charge in [0.15, 0.2) is 0 Å².